The fraction of sp³-hybridized carbons (Fsp3) is 0.412. The number of benzene rings is 1. The van der Waals surface area contributed by atoms with Crippen molar-refractivity contribution in [2.24, 2.45) is 5.92 Å². The molecule has 0 spiro atoms. The van der Waals surface area contributed by atoms with Gasteiger partial charge in [0, 0.05) is 12.6 Å². The van der Waals surface area contributed by atoms with Crippen LogP contribution in [0.1, 0.15) is 43.4 Å². The van der Waals surface area contributed by atoms with Crippen LogP contribution >= 0.6 is 0 Å². The normalized spacial score (nSPS) is 21.2. The topological polar surface area (TPSA) is 85.6 Å². The van der Waals surface area contributed by atoms with Gasteiger partial charge in [0.05, 0.1) is 22.9 Å². The maximum Gasteiger partial charge on any atom is 0.101 e. The average molecular weight is 280 g/mol. The molecule has 1 aromatic carbocycles. The third-order valence-electron chi connectivity index (χ3n) is 4.24. The predicted octanol–water partition coefficient (Wildman–Crippen LogP) is 2.85. The summed E-state index contributed by atoms with van der Waals surface area (Å²) in [7, 11) is 0. The molecule has 0 amide bonds. The highest BCUT2D eigenvalue weighted by atomic mass is 14.9. The summed E-state index contributed by atoms with van der Waals surface area (Å²) in [5, 5.41) is 21.6. The van der Waals surface area contributed by atoms with E-state index in [4.69, 9.17) is 16.3 Å². The second-order valence-electron chi connectivity index (χ2n) is 5.72. The molecular formula is C17H20N4. The van der Waals surface area contributed by atoms with Gasteiger partial charge in [-0.3, -0.25) is 0 Å². The molecule has 0 saturated carbocycles. The SMILES string of the molecule is CC1=CCC(NCc2cc(C#N)cc(C#N)c2N)CC1C. The van der Waals surface area contributed by atoms with Crippen molar-refractivity contribution in [1.82, 2.24) is 5.32 Å². The van der Waals surface area contributed by atoms with Crippen LogP contribution in [0.15, 0.2) is 23.8 Å². The van der Waals surface area contributed by atoms with Crippen molar-refractivity contribution in [3.8, 4) is 12.1 Å². The molecule has 4 nitrogen and oxygen atoms in total. The van der Waals surface area contributed by atoms with Crippen LogP contribution in [0.5, 0.6) is 0 Å². The Morgan fingerprint density at radius 1 is 1.33 bits per heavy atom. The lowest BCUT2D eigenvalue weighted by atomic mass is 9.87. The Labute approximate surface area is 125 Å². The van der Waals surface area contributed by atoms with Crippen molar-refractivity contribution < 1.29 is 0 Å². The van der Waals surface area contributed by atoms with Gasteiger partial charge in [-0.1, -0.05) is 18.6 Å². The van der Waals surface area contributed by atoms with Crippen LogP contribution in [-0.2, 0) is 6.54 Å². The number of anilines is 1. The van der Waals surface area contributed by atoms with Crippen LogP contribution in [0.4, 0.5) is 5.69 Å². The number of nitrogens with one attached hydrogen (secondary N) is 1. The second kappa shape index (κ2) is 6.43. The molecule has 108 valence electrons. The number of rotatable bonds is 3. The molecule has 21 heavy (non-hydrogen) atoms. The fourth-order valence-electron chi connectivity index (χ4n) is 2.68. The number of nitrogen functional groups attached to an aromatic ring is 1. The summed E-state index contributed by atoms with van der Waals surface area (Å²) in [6, 6.07) is 7.84. The summed E-state index contributed by atoms with van der Waals surface area (Å²) < 4.78 is 0. The highest BCUT2D eigenvalue weighted by Crippen LogP contribution is 2.25. The van der Waals surface area contributed by atoms with Gasteiger partial charge in [0.15, 0.2) is 0 Å². The number of allylic oxidation sites excluding steroid dienone is 1. The molecule has 2 rings (SSSR count). The van der Waals surface area contributed by atoms with Gasteiger partial charge in [-0.2, -0.15) is 10.5 Å². The number of nitriles is 2. The van der Waals surface area contributed by atoms with Crippen LogP contribution < -0.4 is 11.1 Å². The van der Waals surface area contributed by atoms with Gasteiger partial charge < -0.3 is 11.1 Å². The fourth-order valence-corrected chi connectivity index (χ4v) is 2.68. The lowest BCUT2D eigenvalue weighted by Crippen LogP contribution is -2.32. The van der Waals surface area contributed by atoms with Crippen LogP contribution in [0.25, 0.3) is 0 Å². The summed E-state index contributed by atoms with van der Waals surface area (Å²) in [4.78, 5) is 0. The third-order valence-corrected chi connectivity index (χ3v) is 4.24. The first-order valence-electron chi connectivity index (χ1n) is 7.17. The summed E-state index contributed by atoms with van der Waals surface area (Å²) in [6.45, 7) is 4.99. The first-order valence-corrected chi connectivity index (χ1v) is 7.17. The van der Waals surface area contributed by atoms with Gasteiger partial charge in [-0.25, -0.2) is 0 Å². The van der Waals surface area contributed by atoms with Gasteiger partial charge in [0.2, 0.25) is 0 Å². The van der Waals surface area contributed by atoms with E-state index in [1.807, 2.05) is 6.07 Å². The second-order valence-corrected chi connectivity index (χ2v) is 5.72. The highest BCUT2D eigenvalue weighted by molar-refractivity contribution is 5.62. The maximum atomic E-state index is 9.08. The number of hydrogen-bond acceptors (Lipinski definition) is 4. The molecule has 0 aromatic heterocycles. The molecule has 4 heteroatoms. The van der Waals surface area contributed by atoms with Crippen molar-refractivity contribution in [3.63, 3.8) is 0 Å². The molecular weight excluding hydrogens is 260 g/mol. The molecule has 2 atom stereocenters. The molecule has 0 aliphatic heterocycles. The van der Waals surface area contributed by atoms with E-state index in [2.05, 4.69) is 31.3 Å². The molecule has 0 fully saturated rings. The van der Waals surface area contributed by atoms with Gasteiger partial charge in [-0.05, 0) is 43.4 Å². The monoisotopic (exact) mass is 280 g/mol. The molecule has 0 bridgehead atoms. The van der Waals surface area contributed by atoms with E-state index in [1.54, 1.807) is 6.07 Å². The van der Waals surface area contributed by atoms with Crippen LogP contribution in [0.2, 0.25) is 0 Å². The lowest BCUT2D eigenvalue weighted by molar-refractivity contribution is 0.409. The zero-order valence-corrected chi connectivity index (χ0v) is 12.5. The molecule has 3 N–H and O–H groups in total. The Bertz CT molecular complexity index is 646. The molecule has 0 heterocycles. The molecule has 2 unspecified atom stereocenters. The van der Waals surface area contributed by atoms with E-state index in [9.17, 15) is 0 Å². The summed E-state index contributed by atoms with van der Waals surface area (Å²) >= 11 is 0. The molecule has 1 aliphatic carbocycles. The Morgan fingerprint density at radius 2 is 2.10 bits per heavy atom. The molecule has 1 aliphatic rings. The van der Waals surface area contributed by atoms with E-state index in [-0.39, 0.29) is 0 Å². The summed E-state index contributed by atoms with van der Waals surface area (Å²) in [5.74, 6) is 0.591. The lowest BCUT2D eigenvalue weighted by Gasteiger charge is -2.27. The molecule has 0 saturated heterocycles. The number of nitrogens with zero attached hydrogens (tertiary/aromatic N) is 2. The summed E-state index contributed by atoms with van der Waals surface area (Å²) in [6.07, 6.45) is 4.39. The minimum atomic E-state index is 0.374. The number of hydrogen-bond donors (Lipinski definition) is 2. The standard InChI is InChI=1S/C17H20N4/c1-11-3-4-16(5-12(11)2)21-10-15-7-13(8-18)6-14(9-19)17(15)20/h3,6-7,12,16,21H,4-5,10,20H2,1-2H3. The summed E-state index contributed by atoms with van der Waals surface area (Å²) in [5.41, 5.74) is 9.59. The van der Waals surface area contributed by atoms with Crippen LogP contribution in [0.3, 0.4) is 0 Å². The highest BCUT2D eigenvalue weighted by Gasteiger charge is 2.18. The van der Waals surface area contributed by atoms with Gasteiger partial charge in [-0.15, -0.1) is 0 Å². The minimum Gasteiger partial charge on any atom is -0.397 e. The van der Waals surface area contributed by atoms with Crippen molar-refractivity contribution in [2.45, 2.75) is 39.3 Å². The van der Waals surface area contributed by atoms with Gasteiger partial charge in [0.25, 0.3) is 0 Å². The zero-order valence-electron chi connectivity index (χ0n) is 12.5. The Hall–Kier alpha value is -2.30. The largest absolute Gasteiger partial charge is 0.397 e. The van der Waals surface area contributed by atoms with E-state index in [0.29, 0.717) is 35.3 Å². The minimum absolute atomic E-state index is 0.374. The number of nitrogens with two attached hydrogens (primary N) is 1. The quantitative estimate of drug-likeness (QED) is 0.658. The van der Waals surface area contributed by atoms with Gasteiger partial charge >= 0.3 is 0 Å². The van der Waals surface area contributed by atoms with E-state index in [1.165, 1.54) is 11.6 Å². The van der Waals surface area contributed by atoms with Crippen molar-refractivity contribution >= 4 is 5.69 Å². The van der Waals surface area contributed by atoms with Gasteiger partial charge in [0.1, 0.15) is 6.07 Å². The van der Waals surface area contributed by atoms with E-state index >= 15 is 0 Å². The first-order chi connectivity index (χ1) is 10.0. The zero-order chi connectivity index (χ0) is 15.4. The first kappa shape index (κ1) is 15.1. The smallest absolute Gasteiger partial charge is 0.101 e. The van der Waals surface area contributed by atoms with E-state index < -0.39 is 0 Å². The Morgan fingerprint density at radius 3 is 2.71 bits per heavy atom. The Balaban J connectivity index is 2.11. The van der Waals surface area contributed by atoms with Crippen LogP contribution in [0, 0.1) is 28.6 Å². The predicted molar refractivity (Wildman–Crippen MR) is 83.1 cm³/mol. The molecule has 0 radical (unpaired) electrons. The maximum absolute atomic E-state index is 9.08. The average Bonchev–Trinajstić information content (AvgIpc) is 2.49. The van der Waals surface area contributed by atoms with Crippen molar-refractivity contribution in [1.29, 1.82) is 10.5 Å². The van der Waals surface area contributed by atoms with Crippen molar-refractivity contribution in [2.75, 3.05) is 5.73 Å². The molecule has 1 aromatic rings. The third kappa shape index (κ3) is 3.42. The van der Waals surface area contributed by atoms with E-state index in [0.717, 1.165) is 18.4 Å². The van der Waals surface area contributed by atoms with Crippen molar-refractivity contribution in [3.05, 3.63) is 40.5 Å². The van der Waals surface area contributed by atoms with Crippen LogP contribution in [-0.4, -0.2) is 6.04 Å². The Kier molecular flexibility index (Phi) is 4.62.